The van der Waals surface area contributed by atoms with Crippen LogP contribution in [0.5, 0.6) is 5.75 Å². The zero-order valence-corrected chi connectivity index (χ0v) is 17.0. The minimum absolute atomic E-state index is 0.0912. The van der Waals surface area contributed by atoms with E-state index < -0.39 is 15.8 Å². The number of carbonyl (C=O) groups is 1. The molecule has 1 fully saturated rings. The number of fused-ring (bicyclic) bond motifs is 1. The summed E-state index contributed by atoms with van der Waals surface area (Å²) in [4.78, 5) is 14.2. The van der Waals surface area contributed by atoms with Crippen molar-refractivity contribution in [3.63, 3.8) is 0 Å². The number of benzene rings is 1. The zero-order valence-electron chi connectivity index (χ0n) is 16.2. The molecule has 156 valence electrons. The van der Waals surface area contributed by atoms with Crippen molar-refractivity contribution >= 4 is 15.9 Å². The van der Waals surface area contributed by atoms with Crippen LogP contribution < -0.4 is 4.74 Å². The van der Waals surface area contributed by atoms with E-state index in [-0.39, 0.29) is 42.7 Å². The highest BCUT2D eigenvalue weighted by Crippen LogP contribution is 2.28. The van der Waals surface area contributed by atoms with Crippen molar-refractivity contribution in [1.29, 1.82) is 0 Å². The third kappa shape index (κ3) is 3.74. The Labute approximate surface area is 168 Å². The molecule has 1 saturated heterocycles. The van der Waals surface area contributed by atoms with Gasteiger partial charge in [-0.2, -0.15) is 9.40 Å². The first-order valence-corrected chi connectivity index (χ1v) is 11.0. The van der Waals surface area contributed by atoms with Gasteiger partial charge in [-0.25, -0.2) is 12.8 Å². The lowest BCUT2D eigenvalue weighted by Crippen LogP contribution is -2.50. The molecule has 0 bridgehead atoms. The van der Waals surface area contributed by atoms with E-state index in [2.05, 4.69) is 5.10 Å². The number of carbonyl (C=O) groups excluding carboxylic acids is 1. The van der Waals surface area contributed by atoms with Gasteiger partial charge in [-0.3, -0.25) is 9.48 Å². The van der Waals surface area contributed by atoms with Gasteiger partial charge in [0, 0.05) is 38.4 Å². The normalized spacial score (nSPS) is 17.8. The Morgan fingerprint density at radius 1 is 1.10 bits per heavy atom. The van der Waals surface area contributed by atoms with Crippen LogP contribution in [0.15, 0.2) is 29.2 Å². The van der Waals surface area contributed by atoms with Crippen molar-refractivity contribution in [2.24, 2.45) is 0 Å². The van der Waals surface area contributed by atoms with E-state index in [1.165, 1.54) is 17.5 Å². The summed E-state index contributed by atoms with van der Waals surface area (Å²) in [5, 5.41) is 4.41. The van der Waals surface area contributed by atoms with Crippen molar-refractivity contribution in [2.75, 3.05) is 33.3 Å². The fourth-order valence-electron chi connectivity index (χ4n) is 3.81. The first kappa shape index (κ1) is 19.8. The Morgan fingerprint density at radius 2 is 1.86 bits per heavy atom. The van der Waals surface area contributed by atoms with E-state index in [9.17, 15) is 17.6 Å². The molecule has 2 aliphatic rings. The predicted octanol–water partition coefficient (Wildman–Crippen LogP) is 1.51. The van der Waals surface area contributed by atoms with E-state index in [1.807, 2.05) is 10.7 Å². The van der Waals surface area contributed by atoms with Crippen LogP contribution in [0.4, 0.5) is 4.39 Å². The molecule has 2 aliphatic heterocycles. The zero-order chi connectivity index (χ0) is 20.6. The molecule has 0 N–H and O–H groups in total. The third-order valence-electron chi connectivity index (χ3n) is 5.40. The van der Waals surface area contributed by atoms with Gasteiger partial charge in [-0.15, -0.1) is 0 Å². The SMILES string of the molecule is COc1ccc(F)cc1S(=O)(=O)N1CCN(C(=O)c2cc3n(n2)CCCC3)CC1. The average Bonchev–Trinajstić information content (AvgIpc) is 3.17. The molecule has 0 unspecified atom stereocenters. The number of sulfonamides is 1. The van der Waals surface area contributed by atoms with Crippen LogP contribution in [0, 0.1) is 5.82 Å². The summed E-state index contributed by atoms with van der Waals surface area (Å²) in [6.07, 6.45) is 3.07. The van der Waals surface area contributed by atoms with E-state index in [0.29, 0.717) is 5.69 Å². The molecule has 0 atom stereocenters. The topological polar surface area (TPSA) is 84.7 Å². The number of piperazine rings is 1. The Balaban J connectivity index is 1.47. The molecule has 0 saturated carbocycles. The van der Waals surface area contributed by atoms with Gasteiger partial charge < -0.3 is 9.64 Å². The van der Waals surface area contributed by atoms with Crippen molar-refractivity contribution in [3.05, 3.63) is 41.5 Å². The highest BCUT2D eigenvalue weighted by Gasteiger charge is 2.33. The van der Waals surface area contributed by atoms with E-state index in [1.54, 1.807) is 4.90 Å². The third-order valence-corrected chi connectivity index (χ3v) is 7.32. The summed E-state index contributed by atoms with van der Waals surface area (Å²) in [5.41, 5.74) is 1.48. The lowest BCUT2D eigenvalue weighted by molar-refractivity contribution is 0.0691. The van der Waals surface area contributed by atoms with Gasteiger partial charge in [0.05, 0.1) is 7.11 Å². The minimum atomic E-state index is -3.93. The first-order valence-electron chi connectivity index (χ1n) is 9.60. The van der Waals surface area contributed by atoms with E-state index in [0.717, 1.165) is 43.6 Å². The van der Waals surface area contributed by atoms with Gasteiger partial charge in [0.15, 0.2) is 5.69 Å². The molecule has 3 heterocycles. The summed E-state index contributed by atoms with van der Waals surface area (Å²) in [6.45, 7) is 1.57. The molecule has 10 heteroatoms. The first-order chi connectivity index (χ1) is 13.9. The fourth-order valence-corrected chi connectivity index (χ4v) is 5.40. The van der Waals surface area contributed by atoms with Crippen LogP contribution in [0.1, 0.15) is 29.0 Å². The predicted molar refractivity (Wildman–Crippen MR) is 103 cm³/mol. The largest absolute Gasteiger partial charge is 0.495 e. The maximum Gasteiger partial charge on any atom is 0.274 e. The molecule has 1 aromatic heterocycles. The van der Waals surface area contributed by atoms with Crippen molar-refractivity contribution in [1.82, 2.24) is 19.0 Å². The van der Waals surface area contributed by atoms with Gasteiger partial charge in [-0.05, 0) is 43.5 Å². The monoisotopic (exact) mass is 422 g/mol. The number of aryl methyl sites for hydroxylation is 2. The maximum atomic E-state index is 13.6. The average molecular weight is 422 g/mol. The lowest BCUT2D eigenvalue weighted by atomic mass is 10.1. The number of aromatic nitrogens is 2. The second-order valence-corrected chi connectivity index (χ2v) is 9.10. The van der Waals surface area contributed by atoms with Gasteiger partial charge in [0.1, 0.15) is 16.5 Å². The number of ether oxygens (including phenoxy) is 1. The highest BCUT2D eigenvalue weighted by atomic mass is 32.2. The number of nitrogens with zero attached hydrogens (tertiary/aromatic N) is 4. The van der Waals surface area contributed by atoms with Crippen LogP contribution in [-0.4, -0.2) is 66.6 Å². The standard InChI is InChI=1S/C19H23FN4O4S/c1-28-17-6-5-14(20)12-18(17)29(26,27)23-10-8-22(9-11-23)19(25)16-13-15-4-2-3-7-24(15)21-16/h5-6,12-13H,2-4,7-11H2,1H3. The fraction of sp³-hybridized carbons (Fsp3) is 0.474. The minimum Gasteiger partial charge on any atom is -0.495 e. The van der Waals surface area contributed by atoms with E-state index >= 15 is 0 Å². The smallest absolute Gasteiger partial charge is 0.274 e. The number of hydrogen-bond donors (Lipinski definition) is 0. The summed E-state index contributed by atoms with van der Waals surface area (Å²) < 4.78 is 47.8. The Kier molecular flexibility index (Phi) is 5.30. The van der Waals surface area contributed by atoms with Crippen LogP contribution in [0.25, 0.3) is 0 Å². The summed E-state index contributed by atoms with van der Waals surface area (Å²) >= 11 is 0. The Bertz CT molecular complexity index is 1010. The lowest BCUT2D eigenvalue weighted by Gasteiger charge is -2.33. The second kappa shape index (κ2) is 7.75. The Hall–Kier alpha value is -2.46. The Morgan fingerprint density at radius 3 is 2.55 bits per heavy atom. The van der Waals surface area contributed by atoms with Crippen molar-refractivity contribution < 1.29 is 22.3 Å². The maximum absolute atomic E-state index is 13.6. The van der Waals surface area contributed by atoms with Gasteiger partial charge in [-0.1, -0.05) is 0 Å². The van der Waals surface area contributed by atoms with Gasteiger partial charge in [0.25, 0.3) is 5.91 Å². The molecule has 2 aromatic rings. The molecule has 29 heavy (non-hydrogen) atoms. The molecule has 4 rings (SSSR count). The molecule has 0 spiro atoms. The van der Waals surface area contributed by atoms with Gasteiger partial charge in [0.2, 0.25) is 10.0 Å². The van der Waals surface area contributed by atoms with Crippen LogP contribution in [0.2, 0.25) is 0 Å². The molecular weight excluding hydrogens is 399 g/mol. The van der Waals surface area contributed by atoms with Crippen LogP contribution >= 0.6 is 0 Å². The molecule has 1 aromatic carbocycles. The number of hydrogen-bond acceptors (Lipinski definition) is 5. The summed E-state index contributed by atoms with van der Waals surface area (Å²) in [6, 6.07) is 5.24. The van der Waals surface area contributed by atoms with Crippen molar-refractivity contribution in [3.8, 4) is 5.75 Å². The number of amides is 1. The second-order valence-electron chi connectivity index (χ2n) is 7.19. The van der Waals surface area contributed by atoms with Crippen LogP contribution in [0.3, 0.4) is 0 Å². The molecule has 8 nitrogen and oxygen atoms in total. The van der Waals surface area contributed by atoms with Gasteiger partial charge >= 0.3 is 0 Å². The molecule has 1 amide bonds. The highest BCUT2D eigenvalue weighted by molar-refractivity contribution is 7.89. The van der Waals surface area contributed by atoms with Crippen molar-refractivity contribution in [2.45, 2.75) is 30.7 Å². The summed E-state index contributed by atoms with van der Waals surface area (Å²) in [7, 11) is -2.59. The molecular formula is C19H23FN4O4S. The number of methoxy groups -OCH3 is 1. The quantitative estimate of drug-likeness (QED) is 0.746. The summed E-state index contributed by atoms with van der Waals surface area (Å²) in [5.74, 6) is -0.747. The number of halogens is 1. The molecule has 0 aliphatic carbocycles. The molecule has 0 radical (unpaired) electrons. The van der Waals surface area contributed by atoms with Crippen LogP contribution in [-0.2, 0) is 23.0 Å². The number of rotatable bonds is 4. The van der Waals surface area contributed by atoms with E-state index in [4.69, 9.17) is 4.74 Å².